The van der Waals surface area contributed by atoms with E-state index in [1.165, 1.54) is 0 Å². The molecule has 0 atom stereocenters. The van der Waals surface area contributed by atoms with Crippen molar-refractivity contribution in [2.75, 3.05) is 21.3 Å². The third-order valence-corrected chi connectivity index (χ3v) is 3.42. The Bertz CT molecular complexity index is 747. The van der Waals surface area contributed by atoms with Gasteiger partial charge in [0.25, 0.3) is 5.82 Å². The van der Waals surface area contributed by atoms with Gasteiger partial charge in [-0.2, -0.15) is 0 Å². The fourth-order valence-corrected chi connectivity index (χ4v) is 2.43. The summed E-state index contributed by atoms with van der Waals surface area (Å²) in [6.45, 7) is 0. The highest BCUT2D eigenvalue weighted by Crippen LogP contribution is 2.43. The van der Waals surface area contributed by atoms with E-state index in [9.17, 15) is 0 Å². The van der Waals surface area contributed by atoms with E-state index in [1.807, 2.05) is 36.4 Å². The second kappa shape index (κ2) is 5.36. The fourth-order valence-electron chi connectivity index (χ4n) is 2.43. The summed E-state index contributed by atoms with van der Waals surface area (Å²) in [5, 5.41) is 0. The van der Waals surface area contributed by atoms with Crippen LogP contribution in [0.25, 0.3) is 22.4 Å². The second-order valence-corrected chi connectivity index (χ2v) is 4.55. The minimum absolute atomic E-state index is 0.574. The van der Waals surface area contributed by atoms with Crippen molar-refractivity contribution in [2.24, 2.45) is 0 Å². The molecular formula is C16H17N2O3+. The summed E-state index contributed by atoms with van der Waals surface area (Å²) in [7, 11) is 4.81. The third-order valence-electron chi connectivity index (χ3n) is 3.42. The first-order chi connectivity index (χ1) is 10.3. The Morgan fingerprint density at radius 1 is 0.857 bits per heavy atom. The average Bonchev–Trinajstić information content (AvgIpc) is 2.96. The van der Waals surface area contributed by atoms with Gasteiger partial charge in [0, 0.05) is 0 Å². The molecule has 108 valence electrons. The highest BCUT2D eigenvalue weighted by Gasteiger charge is 2.22. The van der Waals surface area contributed by atoms with E-state index in [1.54, 1.807) is 21.3 Å². The van der Waals surface area contributed by atoms with Gasteiger partial charge in [-0.1, -0.05) is 12.1 Å². The number of nitrogens with one attached hydrogen (secondary N) is 2. The molecule has 5 nitrogen and oxygen atoms in total. The van der Waals surface area contributed by atoms with Gasteiger partial charge in [0.2, 0.25) is 5.75 Å². The number of ether oxygens (including phenoxy) is 3. The topological polar surface area (TPSA) is 57.6 Å². The highest BCUT2D eigenvalue weighted by molar-refractivity contribution is 5.77. The Hall–Kier alpha value is -2.69. The van der Waals surface area contributed by atoms with Crippen LogP contribution in [0.4, 0.5) is 0 Å². The number of rotatable bonds is 4. The summed E-state index contributed by atoms with van der Waals surface area (Å²) in [5.74, 6) is 2.69. The van der Waals surface area contributed by atoms with Crippen molar-refractivity contribution in [3.63, 3.8) is 0 Å². The van der Waals surface area contributed by atoms with Crippen LogP contribution >= 0.6 is 0 Å². The number of fused-ring (bicyclic) bond motifs is 1. The van der Waals surface area contributed by atoms with Gasteiger partial charge in [0.15, 0.2) is 22.5 Å². The van der Waals surface area contributed by atoms with Gasteiger partial charge < -0.3 is 14.2 Å². The zero-order valence-electron chi connectivity index (χ0n) is 12.2. The molecule has 0 bridgehead atoms. The Labute approximate surface area is 122 Å². The number of aromatic amines is 2. The molecule has 0 unspecified atom stereocenters. The monoisotopic (exact) mass is 285 g/mol. The number of para-hydroxylation sites is 2. The summed E-state index contributed by atoms with van der Waals surface area (Å²) in [5.41, 5.74) is 2.94. The molecule has 0 saturated carbocycles. The Morgan fingerprint density at radius 3 is 2.29 bits per heavy atom. The van der Waals surface area contributed by atoms with Crippen LogP contribution in [-0.4, -0.2) is 26.3 Å². The van der Waals surface area contributed by atoms with Crippen molar-refractivity contribution in [3.8, 4) is 28.6 Å². The lowest BCUT2D eigenvalue weighted by Gasteiger charge is -2.13. The van der Waals surface area contributed by atoms with E-state index < -0.39 is 0 Å². The molecule has 1 aromatic heterocycles. The minimum atomic E-state index is 0.574. The minimum Gasteiger partial charge on any atom is -0.493 e. The lowest BCUT2D eigenvalue weighted by molar-refractivity contribution is -0.330. The van der Waals surface area contributed by atoms with Crippen LogP contribution in [0.2, 0.25) is 0 Å². The van der Waals surface area contributed by atoms with E-state index in [-0.39, 0.29) is 0 Å². The molecule has 2 aromatic carbocycles. The van der Waals surface area contributed by atoms with Crippen molar-refractivity contribution in [3.05, 3.63) is 36.4 Å². The van der Waals surface area contributed by atoms with E-state index in [2.05, 4.69) is 9.97 Å². The van der Waals surface area contributed by atoms with Crippen LogP contribution in [0.15, 0.2) is 36.4 Å². The summed E-state index contributed by atoms with van der Waals surface area (Å²) in [4.78, 5) is 6.69. The van der Waals surface area contributed by atoms with Crippen molar-refractivity contribution in [1.82, 2.24) is 4.98 Å². The number of hydrogen-bond acceptors (Lipinski definition) is 3. The standard InChI is InChI=1S/C16H16N2O3/c1-19-13-9-8-10(14(20-2)15(13)21-3)16-17-11-6-4-5-7-12(11)18-16/h4-9H,1-3H3,(H,17,18)/p+1. The van der Waals surface area contributed by atoms with Gasteiger partial charge in [0.1, 0.15) is 5.56 Å². The number of benzene rings is 2. The highest BCUT2D eigenvalue weighted by atomic mass is 16.5. The SMILES string of the molecule is COc1ccc(-c2[nH]c3ccccc3[nH+]2)c(OC)c1OC. The molecule has 0 fully saturated rings. The van der Waals surface area contributed by atoms with Crippen LogP contribution in [0, 0.1) is 0 Å². The smallest absolute Gasteiger partial charge is 0.289 e. The van der Waals surface area contributed by atoms with Crippen LogP contribution in [0.5, 0.6) is 17.2 Å². The predicted molar refractivity (Wildman–Crippen MR) is 79.9 cm³/mol. The lowest BCUT2D eigenvalue weighted by atomic mass is 10.1. The molecule has 0 amide bonds. The molecule has 1 heterocycles. The van der Waals surface area contributed by atoms with E-state index in [0.717, 1.165) is 22.4 Å². The first-order valence-electron chi connectivity index (χ1n) is 6.58. The quantitative estimate of drug-likeness (QED) is 0.801. The van der Waals surface area contributed by atoms with Gasteiger partial charge in [-0.05, 0) is 24.3 Å². The third kappa shape index (κ3) is 2.16. The molecule has 5 heteroatoms. The molecular weight excluding hydrogens is 268 g/mol. The molecule has 0 aliphatic rings. The molecule has 2 N–H and O–H groups in total. The molecule has 0 saturated heterocycles. The van der Waals surface area contributed by atoms with Crippen molar-refractivity contribution >= 4 is 11.0 Å². The largest absolute Gasteiger partial charge is 0.493 e. The average molecular weight is 285 g/mol. The Morgan fingerprint density at radius 2 is 1.62 bits per heavy atom. The summed E-state index contributed by atoms with van der Waals surface area (Å²) in [6.07, 6.45) is 0. The Kier molecular flexibility index (Phi) is 3.39. The normalized spacial score (nSPS) is 10.6. The Balaban J connectivity index is 2.21. The van der Waals surface area contributed by atoms with Gasteiger partial charge in [0.05, 0.1) is 21.3 Å². The first kappa shape index (κ1) is 13.3. The van der Waals surface area contributed by atoms with Crippen LogP contribution in [-0.2, 0) is 0 Å². The number of hydrogen-bond donors (Lipinski definition) is 1. The van der Waals surface area contributed by atoms with Crippen molar-refractivity contribution < 1.29 is 19.2 Å². The summed E-state index contributed by atoms with van der Waals surface area (Å²) < 4.78 is 16.2. The first-order valence-corrected chi connectivity index (χ1v) is 6.58. The maximum absolute atomic E-state index is 5.52. The maximum atomic E-state index is 5.52. The molecule has 0 radical (unpaired) electrons. The molecule has 0 aliphatic heterocycles. The molecule has 3 aromatic rings. The van der Waals surface area contributed by atoms with Crippen LogP contribution < -0.4 is 19.2 Å². The van der Waals surface area contributed by atoms with Crippen molar-refractivity contribution in [1.29, 1.82) is 0 Å². The molecule has 0 spiro atoms. The number of methoxy groups -OCH3 is 3. The number of imidazole rings is 1. The fraction of sp³-hybridized carbons (Fsp3) is 0.188. The predicted octanol–water partition coefficient (Wildman–Crippen LogP) is 2.67. The lowest BCUT2D eigenvalue weighted by Crippen LogP contribution is -2.05. The van der Waals surface area contributed by atoms with Crippen molar-refractivity contribution in [2.45, 2.75) is 0 Å². The van der Waals surface area contributed by atoms with Gasteiger partial charge >= 0.3 is 0 Å². The molecule has 3 rings (SSSR count). The second-order valence-electron chi connectivity index (χ2n) is 4.55. The van der Waals surface area contributed by atoms with Gasteiger partial charge in [-0.25, -0.2) is 9.97 Å². The summed E-state index contributed by atoms with van der Waals surface area (Å²) in [6, 6.07) is 11.8. The van der Waals surface area contributed by atoms with E-state index >= 15 is 0 Å². The van der Waals surface area contributed by atoms with Crippen LogP contribution in [0.3, 0.4) is 0 Å². The zero-order valence-corrected chi connectivity index (χ0v) is 12.2. The molecule has 0 aliphatic carbocycles. The molecule has 21 heavy (non-hydrogen) atoms. The van der Waals surface area contributed by atoms with Gasteiger partial charge in [-0.3, -0.25) is 0 Å². The number of aromatic nitrogens is 2. The van der Waals surface area contributed by atoms with Crippen LogP contribution in [0.1, 0.15) is 0 Å². The zero-order chi connectivity index (χ0) is 14.8. The van der Waals surface area contributed by atoms with E-state index in [0.29, 0.717) is 17.2 Å². The van der Waals surface area contributed by atoms with E-state index in [4.69, 9.17) is 14.2 Å². The summed E-state index contributed by atoms with van der Waals surface area (Å²) >= 11 is 0. The maximum Gasteiger partial charge on any atom is 0.289 e. The van der Waals surface area contributed by atoms with Gasteiger partial charge in [-0.15, -0.1) is 0 Å². The number of H-pyrrole nitrogens is 2.